The summed E-state index contributed by atoms with van der Waals surface area (Å²) in [6.07, 6.45) is 5.78. The Morgan fingerprint density at radius 2 is 2.13 bits per heavy atom. The summed E-state index contributed by atoms with van der Waals surface area (Å²) in [6.45, 7) is 5.91. The Labute approximate surface area is 175 Å². The Bertz CT molecular complexity index is 929. The quantitative estimate of drug-likeness (QED) is 0.293. The van der Waals surface area contributed by atoms with Gasteiger partial charge in [-0.15, -0.1) is 0 Å². The average molecular weight is 413 g/mol. The highest BCUT2D eigenvalue weighted by Crippen LogP contribution is 2.38. The van der Waals surface area contributed by atoms with E-state index in [9.17, 15) is 9.90 Å². The first-order chi connectivity index (χ1) is 14.4. The van der Waals surface area contributed by atoms with E-state index < -0.39 is 11.5 Å². The molecule has 0 atom stereocenters. The Hall–Kier alpha value is -3.27. The minimum atomic E-state index is -0.530. The molecule has 10 heteroatoms. The lowest BCUT2D eigenvalue weighted by Gasteiger charge is -2.18. The number of ether oxygens (including phenoxy) is 1. The van der Waals surface area contributed by atoms with Crippen LogP contribution in [-0.4, -0.2) is 57.0 Å². The highest BCUT2D eigenvalue weighted by atomic mass is 16.5. The van der Waals surface area contributed by atoms with E-state index >= 15 is 0 Å². The van der Waals surface area contributed by atoms with E-state index in [1.54, 1.807) is 19.2 Å². The van der Waals surface area contributed by atoms with Crippen LogP contribution in [0, 0.1) is 5.41 Å². The van der Waals surface area contributed by atoms with Crippen LogP contribution in [0.5, 0.6) is 0 Å². The van der Waals surface area contributed by atoms with Crippen molar-refractivity contribution in [2.75, 3.05) is 29.2 Å². The number of anilines is 4. The molecule has 0 bridgehead atoms. The molecule has 2 aromatic heterocycles. The molecule has 0 radical (unpaired) electrons. The Balaban J connectivity index is 1.89. The first-order valence-electron chi connectivity index (χ1n) is 9.87. The topological polar surface area (TPSA) is 145 Å². The summed E-state index contributed by atoms with van der Waals surface area (Å²) < 4.78 is 5.09. The van der Waals surface area contributed by atoms with Gasteiger partial charge < -0.3 is 31.2 Å². The molecule has 1 aliphatic carbocycles. The molecule has 1 fully saturated rings. The number of esters is 1. The third-order valence-corrected chi connectivity index (χ3v) is 4.60. The predicted molar refractivity (Wildman–Crippen MR) is 115 cm³/mol. The molecule has 1 aliphatic rings. The molecule has 0 aromatic carbocycles. The summed E-state index contributed by atoms with van der Waals surface area (Å²) in [5.41, 5.74) is 1.16. The van der Waals surface area contributed by atoms with E-state index in [1.807, 2.05) is 13.8 Å². The van der Waals surface area contributed by atoms with E-state index in [4.69, 9.17) is 10.1 Å². The lowest BCUT2D eigenvalue weighted by Crippen LogP contribution is -2.28. The zero-order valence-electron chi connectivity index (χ0n) is 17.3. The van der Waals surface area contributed by atoms with Crippen molar-refractivity contribution in [3.8, 4) is 0 Å². The molecule has 0 spiro atoms. The number of rotatable bonds is 10. The van der Waals surface area contributed by atoms with Gasteiger partial charge in [-0.25, -0.2) is 14.8 Å². The monoisotopic (exact) mass is 413 g/mol. The van der Waals surface area contributed by atoms with Gasteiger partial charge in [0, 0.05) is 42.0 Å². The summed E-state index contributed by atoms with van der Waals surface area (Å²) in [6, 6.07) is 1.95. The van der Waals surface area contributed by atoms with Crippen LogP contribution < -0.4 is 16.0 Å². The maximum absolute atomic E-state index is 12.3. The van der Waals surface area contributed by atoms with Crippen molar-refractivity contribution in [1.29, 1.82) is 5.41 Å². The van der Waals surface area contributed by atoms with Crippen LogP contribution in [0.25, 0.3) is 0 Å². The summed E-state index contributed by atoms with van der Waals surface area (Å²) in [5.74, 6) is 0.498. The van der Waals surface area contributed by atoms with Gasteiger partial charge in [0.05, 0.1) is 18.8 Å². The fourth-order valence-electron chi connectivity index (χ4n) is 2.82. The van der Waals surface area contributed by atoms with E-state index in [2.05, 4.69) is 30.9 Å². The van der Waals surface area contributed by atoms with Gasteiger partial charge in [0.15, 0.2) is 0 Å². The molecule has 1 saturated carbocycles. The number of carbonyl (C=O) groups is 1. The van der Waals surface area contributed by atoms with E-state index in [0.717, 1.165) is 18.5 Å². The normalized spacial score (nSPS) is 14.2. The zero-order valence-corrected chi connectivity index (χ0v) is 17.3. The minimum Gasteiger partial charge on any atom is -0.462 e. The van der Waals surface area contributed by atoms with Gasteiger partial charge in [-0.2, -0.15) is 4.98 Å². The number of carbonyl (C=O) groups excluding carboxylic acids is 1. The maximum Gasteiger partial charge on any atom is 0.343 e. The van der Waals surface area contributed by atoms with Crippen molar-refractivity contribution in [3.05, 3.63) is 29.6 Å². The highest BCUT2D eigenvalue weighted by molar-refractivity contribution is 5.94. The predicted octanol–water partition coefficient (Wildman–Crippen LogP) is 2.55. The third kappa shape index (κ3) is 5.01. The van der Waals surface area contributed by atoms with Crippen molar-refractivity contribution in [3.63, 3.8) is 0 Å². The Kier molecular flexibility index (Phi) is 6.46. The largest absolute Gasteiger partial charge is 0.462 e. The van der Waals surface area contributed by atoms with Crippen LogP contribution in [0.1, 0.15) is 49.5 Å². The summed E-state index contributed by atoms with van der Waals surface area (Å²) in [7, 11) is 0. The second-order valence-electron chi connectivity index (χ2n) is 7.46. The van der Waals surface area contributed by atoms with Crippen LogP contribution in [0.15, 0.2) is 18.5 Å². The van der Waals surface area contributed by atoms with Gasteiger partial charge >= 0.3 is 5.97 Å². The van der Waals surface area contributed by atoms with Gasteiger partial charge in [0.1, 0.15) is 17.2 Å². The molecule has 0 amide bonds. The van der Waals surface area contributed by atoms with Crippen molar-refractivity contribution < 1.29 is 14.6 Å². The van der Waals surface area contributed by atoms with Crippen molar-refractivity contribution in [1.82, 2.24) is 15.0 Å². The standard InChI is InChI=1S/C20H27N7O3/c1-4-30-18(29)14-10-23-19(26-17(14)27-20(11-28)5-6-20)25-16-7-15(24-12(2)3)13(8-21)9-22-16/h7-10,12,21,28H,4-6,11H2,1-3H3,(H3,22,23,24,25,26,27). The number of hydrogen-bond donors (Lipinski definition) is 5. The lowest BCUT2D eigenvalue weighted by atomic mass is 10.2. The van der Waals surface area contributed by atoms with Gasteiger partial charge in [-0.1, -0.05) is 0 Å². The molecule has 2 heterocycles. The first-order valence-corrected chi connectivity index (χ1v) is 9.87. The molecular weight excluding hydrogens is 386 g/mol. The molecule has 2 aromatic rings. The van der Waals surface area contributed by atoms with Gasteiger partial charge in [-0.3, -0.25) is 0 Å². The van der Waals surface area contributed by atoms with Crippen LogP contribution in [0.3, 0.4) is 0 Å². The van der Waals surface area contributed by atoms with E-state index in [-0.39, 0.29) is 30.8 Å². The molecule has 0 saturated heterocycles. The van der Waals surface area contributed by atoms with E-state index in [0.29, 0.717) is 17.2 Å². The fraction of sp³-hybridized carbons (Fsp3) is 0.450. The molecule has 5 N–H and O–H groups in total. The van der Waals surface area contributed by atoms with Crippen molar-refractivity contribution in [2.24, 2.45) is 0 Å². The number of nitrogens with zero attached hydrogens (tertiary/aromatic N) is 3. The molecule has 3 rings (SSSR count). The zero-order chi connectivity index (χ0) is 21.7. The lowest BCUT2D eigenvalue weighted by molar-refractivity contribution is 0.0526. The third-order valence-electron chi connectivity index (χ3n) is 4.60. The average Bonchev–Trinajstić information content (AvgIpc) is 3.48. The molecule has 30 heavy (non-hydrogen) atoms. The Morgan fingerprint density at radius 3 is 2.73 bits per heavy atom. The first kappa shape index (κ1) is 21.4. The second kappa shape index (κ2) is 9.04. The van der Waals surface area contributed by atoms with Crippen LogP contribution in [0.2, 0.25) is 0 Å². The van der Waals surface area contributed by atoms with Gasteiger partial charge in [-0.05, 0) is 33.6 Å². The molecule has 0 unspecified atom stereocenters. The van der Waals surface area contributed by atoms with Crippen molar-refractivity contribution >= 4 is 35.5 Å². The maximum atomic E-state index is 12.3. The van der Waals surface area contributed by atoms with Crippen molar-refractivity contribution in [2.45, 2.75) is 45.2 Å². The van der Waals surface area contributed by atoms with Crippen LogP contribution in [-0.2, 0) is 4.74 Å². The van der Waals surface area contributed by atoms with Gasteiger partial charge in [0.2, 0.25) is 5.95 Å². The summed E-state index contributed by atoms with van der Waals surface area (Å²) >= 11 is 0. The molecule has 160 valence electrons. The van der Waals surface area contributed by atoms with Gasteiger partial charge in [0.25, 0.3) is 0 Å². The minimum absolute atomic E-state index is 0.0566. The smallest absolute Gasteiger partial charge is 0.343 e. The summed E-state index contributed by atoms with van der Waals surface area (Å²) in [4.78, 5) is 25.2. The molecule has 10 nitrogen and oxygen atoms in total. The number of aromatic nitrogens is 3. The molecular formula is C20H27N7O3. The highest BCUT2D eigenvalue weighted by Gasteiger charge is 2.43. The second-order valence-corrected chi connectivity index (χ2v) is 7.46. The van der Waals surface area contributed by atoms with E-state index in [1.165, 1.54) is 12.4 Å². The Morgan fingerprint density at radius 1 is 1.37 bits per heavy atom. The number of nitrogens with one attached hydrogen (secondary N) is 4. The van der Waals surface area contributed by atoms with Crippen LogP contribution in [0.4, 0.5) is 23.3 Å². The SMILES string of the molecule is CCOC(=O)c1cnc(Nc2cc(NC(C)C)c(C=N)cn2)nc1NC1(CO)CC1. The number of hydrogen-bond acceptors (Lipinski definition) is 10. The number of pyridine rings is 1. The fourth-order valence-corrected chi connectivity index (χ4v) is 2.82. The van der Waals surface area contributed by atoms with Crippen LogP contribution >= 0.6 is 0 Å². The number of aliphatic hydroxyl groups excluding tert-OH is 1. The number of aliphatic hydroxyl groups is 1. The molecule has 0 aliphatic heterocycles. The summed E-state index contributed by atoms with van der Waals surface area (Å²) in [5, 5.41) is 26.6.